The van der Waals surface area contributed by atoms with Crippen LogP contribution in [0.1, 0.15) is 18.4 Å². The highest BCUT2D eigenvalue weighted by molar-refractivity contribution is 6.02. The third-order valence-corrected chi connectivity index (χ3v) is 5.42. The summed E-state index contributed by atoms with van der Waals surface area (Å²) in [7, 11) is 4.86. The Kier molecular flexibility index (Phi) is 6.74. The second-order valence-electron chi connectivity index (χ2n) is 7.18. The average Bonchev–Trinajstić information content (AvgIpc) is 3.00. The molecule has 8 nitrogen and oxygen atoms in total. The number of piperidine rings is 1. The van der Waals surface area contributed by atoms with Crippen molar-refractivity contribution in [3.8, 4) is 11.5 Å². The number of carbonyl (C=O) groups excluding carboxylic acids is 2. The summed E-state index contributed by atoms with van der Waals surface area (Å²) in [5.41, 5.74) is 1.13. The first-order valence-corrected chi connectivity index (χ1v) is 9.60. The Hall–Kier alpha value is -2.32. The highest BCUT2D eigenvalue weighted by Crippen LogP contribution is 2.26. The van der Waals surface area contributed by atoms with Gasteiger partial charge < -0.3 is 19.1 Å². The summed E-state index contributed by atoms with van der Waals surface area (Å²) >= 11 is 0. The van der Waals surface area contributed by atoms with Crippen LogP contribution in [0, 0.1) is 0 Å². The van der Waals surface area contributed by atoms with Gasteiger partial charge in [-0.1, -0.05) is 0 Å². The molecule has 8 heteroatoms. The molecule has 2 aliphatic rings. The number of rotatable bonds is 8. The van der Waals surface area contributed by atoms with E-state index in [9.17, 15) is 9.59 Å². The number of amides is 3. The quantitative estimate of drug-likeness (QED) is 0.627. The van der Waals surface area contributed by atoms with Crippen molar-refractivity contribution in [1.82, 2.24) is 14.7 Å². The highest BCUT2D eigenvalue weighted by atomic mass is 16.5. The number of methoxy groups -OCH3 is 3. The molecule has 0 aliphatic carbocycles. The van der Waals surface area contributed by atoms with Crippen molar-refractivity contribution in [1.29, 1.82) is 0 Å². The van der Waals surface area contributed by atoms with Gasteiger partial charge in [-0.05, 0) is 30.5 Å². The van der Waals surface area contributed by atoms with Crippen LogP contribution in [0.15, 0.2) is 18.2 Å². The van der Waals surface area contributed by atoms with Crippen LogP contribution in [0.25, 0.3) is 0 Å². The van der Waals surface area contributed by atoms with E-state index >= 15 is 0 Å². The zero-order valence-electron chi connectivity index (χ0n) is 16.8. The average molecular weight is 391 g/mol. The predicted molar refractivity (Wildman–Crippen MR) is 104 cm³/mol. The molecule has 2 heterocycles. The molecule has 28 heavy (non-hydrogen) atoms. The van der Waals surface area contributed by atoms with Crippen LogP contribution in [-0.4, -0.2) is 86.8 Å². The lowest BCUT2D eigenvalue weighted by Gasteiger charge is -2.36. The van der Waals surface area contributed by atoms with E-state index < -0.39 is 0 Å². The van der Waals surface area contributed by atoms with Crippen LogP contribution in [0.3, 0.4) is 0 Å². The Bertz CT molecular complexity index is 681. The number of likely N-dealkylation sites (tertiary alicyclic amines) is 1. The molecule has 0 N–H and O–H groups in total. The van der Waals surface area contributed by atoms with E-state index in [4.69, 9.17) is 14.2 Å². The van der Waals surface area contributed by atoms with Crippen molar-refractivity contribution in [2.45, 2.75) is 25.4 Å². The largest absolute Gasteiger partial charge is 0.497 e. The molecule has 1 aromatic rings. The summed E-state index contributed by atoms with van der Waals surface area (Å²) in [6.45, 7) is 3.42. The van der Waals surface area contributed by atoms with Crippen molar-refractivity contribution in [3.05, 3.63) is 23.8 Å². The number of imide groups is 1. The van der Waals surface area contributed by atoms with E-state index in [1.165, 1.54) is 4.90 Å². The number of benzene rings is 1. The van der Waals surface area contributed by atoms with Gasteiger partial charge >= 0.3 is 6.03 Å². The lowest BCUT2D eigenvalue weighted by atomic mass is 10.0. The first kappa shape index (κ1) is 20.4. The first-order valence-electron chi connectivity index (χ1n) is 9.60. The molecule has 2 aliphatic heterocycles. The molecule has 0 bridgehead atoms. The fourth-order valence-electron chi connectivity index (χ4n) is 3.85. The van der Waals surface area contributed by atoms with Crippen LogP contribution in [0.2, 0.25) is 0 Å². The topological polar surface area (TPSA) is 71.6 Å². The summed E-state index contributed by atoms with van der Waals surface area (Å²) in [6.07, 6.45) is 1.72. The molecule has 2 fully saturated rings. The maximum Gasteiger partial charge on any atom is 0.327 e. The van der Waals surface area contributed by atoms with Crippen molar-refractivity contribution >= 4 is 11.9 Å². The minimum absolute atomic E-state index is 0.111. The van der Waals surface area contributed by atoms with E-state index in [1.807, 2.05) is 18.2 Å². The summed E-state index contributed by atoms with van der Waals surface area (Å²) in [6, 6.07) is 5.83. The number of hydrogen-bond acceptors (Lipinski definition) is 6. The molecule has 0 aromatic heterocycles. The van der Waals surface area contributed by atoms with Crippen molar-refractivity contribution in [2.75, 3.05) is 54.1 Å². The van der Waals surface area contributed by atoms with E-state index in [1.54, 1.807) is 26.2 Å². The maximum atomic E-state index is 12.6. The van der Waals surface area contributed by atoms with Crippen molar-refractivity contribution in [2.24, 2.45) is 0 Å². The molecule has 0 spiro atoms. The number of hydrogen-bond donors (Lipinski definition) is 0. The second-order valence-corrected chi connectivity index (χ2v) is 7.18. The summed E-state index contributed by atoms with van der Waals surface area (Å²) in [5, 5.41) is 0. The third kappa shape index (κ3) is 4.56. The van der Waals surface area contributed by atoms with Crippen LogP contribution in [0.4, 0.5) is 4.79 Å². The predicted octanol–water partition coefficient (Wildman–Crippen LogP) is 1.58. The van der Waals surface area contributed by atoms with Gasteiger partial charge in [-0.25, -0.2) is 4.79 Å². The Morgan fingerprint density at radius 1 is 1.00 bits per heavy atom. The molecule has 1 aromatic carbocycles. The molecule has 0 radical (unpaired) electrons. The summed E-state index contributed by atoms with van der Waals surface area (Å²) in [4.78, 5) is 30.1. The Morgan fingerprint density at radius 3 is 2.21 bits per heavy atom. The van der Waals surface area contributed by atoms with Crippen LogP contribution < -0.4 is 9.47 Å². The Labute approximate surface area is 165 Å². The molecule has 154 valence electrons. The second kappa shape index (κ2) is 9.25. The van der Waals surface area contributed by atoms with Crippen LogP contribution in [0.5, 0.6) is 11.5 Å². The van der Waals surface area contributed by atoms with Gasteiger partial charge in [-0.2, -0.15) is 0 Å². The van der Waals surface area contributed by atoms with Crippen molar-refractivity contribution < 1.29 is 23.8 Å². The third-order valence-electron chi connectivity index (χ3n) is 5.42. The first-order chi connectivity index (χ1) is 13.5. The molecule has 0 atom stereocenters. The number of carbonyl (C=O) groups is 2. The fourth-order valence-corrected chi connectivity index (χ4v) is 3.85. The number of ether oxygens (including phenoxy) is 3. The molecule has 0 unspecified atom stereocenters. The smallest absolute Gasteiger partial charge is 0.327 e. The summed E-state index contributed by atoms with van der Waals surface area (Å²) in [5.74, 6) is 1.43. The fraction of sp³-hybridized carbons (Fsp3) is 0.600. The van der Waals surface area contributed by atoms with Gasteiger partial charge in [0.2, 0.25) is 5.91 Å². The molecule has 3 amide bonds. The van der Waals surface area contributed by atoms with Gasteiger partial charge in [0, 0.05) is 38.9 Å². The van der Waals surface area contributed by atoms with Gasteiger partial charge in [-0.15, -0.1) is 0 Å². The van der Waals surface area contributed by atoms with Crippen molar-refractivity contribution in [3.63, 3.8) is 0 Å². The van der Waals surface area contributed by atoms with Gasteiger partial charge in [0.15, 0.2) is 0 Å². The van der Waals surface area contributed by atoms with Gasteiger partial charge in [0.05, 0.1) is 27.4 Å². The van der Waals surface area contributed by atoms with Crippen LogP contribution >= 0.6 is 0 Å². The van der Waals surface area contributed by atoms with Gasteiger partial charge in [0.1, 0.15) is 18.0 Å². The van der Waals surface area contributed by atoms with E-state index in [2.05, 4.69) is 4.90 Å². The zero-order chi connectivity index (χ0) is 20.1. The highest BCUT2D eigenvalue weighted by Gasteiger charge is 2.40. The SMILES string of the molecule is COCCN1C(=O)CN(C2CCN(Cc3cc(OC)cc(OC)c3)CC2)C1=O. The minimum Gasteiger partial charge on any atom is -0.497 e. The zero-order valence-corrected chi connectivity index (χ0v) is 16.8. The minimum atomic E-state index is -0.182. The lowest BCUT2D eigenvalue weighted by Crippen LogP contribution is -2.46. The van der Waals surface area contributed by atoms with Gasteiger partial charge in [-0.3, -0.25) is 14.6 Å². The maximum absolute atomic E-state index is 12.6. The Balaban J connectivity index is 1.55. The van der Waals surface area contributed by atoms with E-state index in [0.29, 0.717) is 13.2 Å². The molecule has 0 saturated carbocycles. The standard InChI is InChI=1S/C20H29N3O5/c1-26-9-8-22-19(24)14-23(20(22)25)16-4-6-21(7-5-16)13-15-10-17(27-2)12-18(11-15)28-3/h10-12,16H,4-9,13-14H2,1-3H3. The Morgan fingerprint density at radius 2 is 1.64 bits per heavy atom. The van der Waals surface area contributed by atoms with E-state index in [0.717, 1.165) is 49.5 Å². The van der Waals surface area contributed by atoms with Crippen LogP contribution in [-0.2, 0) is 16.1 Å². The number of urea groups is 1. The van der Waals surface area contributed by atoms with Gasteiger partial charge in [0.25, 0.3) is 0 Å². The molecular weight excluding hydrogens is 362 g/mol. The monoisotopic (exact) mass is 391 g/mol. The number of nitrogens with zero attached hydrogens (tertiary/aromatic N) is 3. The molecule has 3 rings (SSSR count). The normalized spacial score (nSPS) is 18.8. The molecular formula is C20H29N3O5. The lowest BCUT2D eigenvalue weighted by molar-refractivity contribution is -0.125. The van der Waals surface area contributed by atoms with E-state index in [-0.39, 0.29) is 24.5 Å². The summed E-state index contributed by atoms with van der Waals surface area (Å²) < 4.78 is 15.7. The molecule has 2 saturated heterocycles.